The van der Waals surface area contributed by atoms with E-state index in [0.717, 1.165) is 36.5 Å². The zero-order valence-corrected chi connectivity index (χ0v) is 23.2. The van der Waals surface area contributed by atoms with Gasteiger partial charge in [-0.3, -0.25) is 10.1 Å². The molecule has 5 rings (SSSR count). The van der Waals surface area contributed by atoms with Crippen LogP contribution in [0.4, 0.5) is 0 Å². The van der Waals surface area contributed by atoms with E-state index < -0.39 is 8.32 Å². The summed E-state index contributed by atoms with van der Waals surface area (Å²) >= 11 is 6.99. The highest BCUT2D eigenvalue weighted by Gasteiger charge is 2.53. The lowest BCUT2D eigenvalue weighted by molar-refractivity contribution is -0.0326. The molecule has 4 aliphatic rings. The van der Waals surface area contributed by atoms with Gasteiger partial charge in [-0.2, -0.15) is 0 Å². The van der Waals surface area contributed by atoms with Gasteiger partial charge in [0.2, 0.25) is 0 Å². The van der Waals surface area contributed by atoms with E-state index in [1.165, 1.54) is 25.5 Å². The first-order valence-corrected chi connectivity index (χ1v) is 15.5. The Labute approximate surface area is 210 Å². The number of ether oxygens (including phenoxy) is 1. The summed E-state index contributed by atoms with van der Waals surface area (Å²) in [4.78, 5) is 4.59. The van der Waals surface area contributed by atoms with E-state index in [9.17, 15) is 5.21 Å². The maximum Gasteiger partial charge on any atom is 0.250 e. The number of hydrogen-bond donors (Lipinski definition) is 0. The number of benzene rings is 1. The van der Waals surface area contributed by atoms with Crippen molar-refractivity contribution in [3.05, 3.63) is 40.1 Å². The van der Waals surface area contributed by atoms with Crippen LogP contribution in [0, 0.1) is 34.9 Å². The Balaban J connectivity index is 1.77. The summed E-state index contributed by atoms with van der Waals surface area (Å²) in [6.45, 7) is 11.0. The Morgan fingerprint density at radius 1 is 1.15 bits per heavy atom. The van der Waals surface area contributed by atoms with Gasteiger partial charge in [0.1, 0.15) is 11.5 Å². The van der Waals surface area contributed by atoms with Gasteiger partial charge in [0, 0.05) is 16.5 Å². The Hall–Kier alpha value is -1.65. The highest BCUT2D eigenvalue weighted by Crippen LogP contribution is 2.61. The van der Waals surface area contributed by atoms with Crippen molar-refractivity contribution < 1.29 is 14.0 Å². The number of allylic oxidation sites excluding steroid dienone is 1. The third-order valence-electron chi connectivity index (χ3n) is 8.32. The predicted molar refractivity (Wildman–Crippen MR) is 139 cm³/mol. The van der Waals surface area contributed by atoms with Gasteiger partial charge in [0.05, 0.1) is 19.8 Å². The molecule has 0 aromatic heterocycles. The number of methoxy groups -OCH3 is 1. The van der Waals surface area contributed by atoms with Crippen LogP contribution in [-0.2, 0) is 9.57 Å². The van der Waals surface area contributed by atoms with Gasteiger partial charge in [-0.15, -0.1) is 11.6 Å². The number of alkyl halides is 1. The molecule has 186 valence electrons. The van der Waals surface area contributed by atoms with Gasteiger partial charge in [0.15, 0.2) is 0 Å². The van der Waals surface area contributed by atoms with Crippen LogP contribution in [0.1, 0.15) is 64.0 Å². The van der Waals surface area contributed by atoms with Crippen LogP contribution < -0.4 is 4.43 Å². The topological polar surface area (TPSA) is 54.0 Å². The average molecular weight is 503 g/mol. The summed E-state index contributed by atoms with van der Waals surface area (Å²) in [7, 11) is 0.910. The molecular weight excluding hydrogens is 466 g/mol. The first-order valence-electron chi connectivity index (χ1n) is 12.2. The molecule has 1 aromatic rings. The minimum atomic E-state index is -2.15. The number of rotatable bonds is 5. The third kappa shape index (κ3) is 4.86. The summed E-state index contributed by atoms with van der Waals surface area (Å²) in [6, 6.07) is 8.46. The highest BCUT2D eigenvalue weighted by molar-refractivity contribution is 6.74. The van der Waals surface area contributed by atoms with Crippen molar-refractivity contribution in [1.82, 2.24) is 5.23 Å². The number of nitrogens with zero attached hydrogens (tertiary/aromatic N) is 1. The Morgan fingerprint density at radius 3 is 2.32 bits per heavy atom. The van der Waals surface area contributed by atoms with E-state index in [4.69, 9.17) is 20.8 Å². The normalized spacial score (nSPS) is 27.8. The van der Waals surface area contributed by atoms with Gasteiger partial charge < -0.3 is 14.4 Å². The number of hydroxylamine groups is 2. The highest BCUT2D eigenvalue weighted by atomic mass is 35.5. The average Bonchev–Trinajstić information content (AvgIpc) is 2.73. The van der Waals surface area contributed by atoms with Gasteiger partial charge in [0.25, 0.3) is 8.32 Å². The molecule has 0 heterocycles. The van der Waals surface area contributed by atoms with E-state index in [1.54, 1.807) is 7.11 Å². The first kappa shape index (κ1) is 25.4. The Kier molecular flexibility index (Phi) is 6.80. The predicted octanol–water partition coefficient (Wildman–Crippen LogP) is 6.92. The molecule has 2 unspecified atom stereocenters. The van der Waals surface area contributed by atoms with Gasteiger partial charge >= 0.3 is 0 Å². The molecule has 4 saturated carbocycles. The van der Waals surface area contributed by atoms with E-state index in [2.05, 4.69) is 50.7 Å². The maximum atomic E-state index is 11.6. The number of halogens is 1. The molecule has 0 aliphatic heterocycles. The molecule has 5 nitrogen and oxygen atoms in total. The van der Waals surface area contributed by atoms with Crippen LogP contribution >= 0.6 is 11.6 Å². The van der Waals surface area contributed by atoms with Crippen molar-refractivity contribution in [2.45, 2.75) is 75.9 Å². The van der Waals surface area contributed by atoms with E-state index in [1.807, 2.05) is 18.2 Å². The zero-order chi connectivity index (χ0) is 24.9. The van der Waals surface area contributed by atoms with Crippen molar-refractivity contribution in [2.24, 2.45) is 17.8 Å². The lowest BCUT2D eigenvalue weighted by Crippen LogP contribution is -2.48. The van der Waals surface area contributed by atoms with Crippen molar-refractivity contribution in [1.29, 1.82) is 0 Å². The van der Waals surface area contributed by atoms with Crippen LogP contribution in [0.15, 0.2) is 23.8 Å². The monoisotopic (exact) mass is 502 g/mol. The molecule has 1 aromatic carbocycles. The fourth-order valence-corrected chi connectivity index (χ4v) is 7.51. The number of hydrogen-bond acceptors (Lipinski definition) is 5. The van der Waals surface area contributed by atoms with Crippen molar-refractivity contribution in [3.8, 4) is 17.7 Å². The van der Waals surface area contributed by atoms with Crippen LogP contribution in [0.25, 0.3) is 5.76 Å². The van der Waals surface area contributed by atoms with E-state index in [0.29, 0.717) is 23.1 Å². The maximum absolute atomic E-state index is 11.6. The van der Waals surface area contributed by atoms with Gasteiger partial charge in [-0.25, -0.2) is 0 Å². The molecule has 0 radical (unpaired) electrons. The zero-order valence-electron chi connectivity index (χ0n) is 21.5. The van der Waals surface area contributed by atoms with Crippen LogP contribution in [-0.4, -0.2) is 32.6 Å². The fourth-order valence-electron chi connectivity index (χ4n) is 5.90. The smallest absolute Gasteiger partial charge is 0.250 e. The molecule has 2 atom stereocenters. The summed E-state index contributed by atoms with van der Waals surface area (Å²) in [5, 5.41) is 11.9. The summed E-state index contributed by atoms with van der Waals surface area (Å²) in [5.41, 5.74) is 3.09. The van der Waals surface area contributed by atoms with Crippen LogP contribution in [0.2, 0.25) is 18.1 Å². The van der Waals surface area contributed by atoms with Crippen molar-refractivity contribution in [3.63, 3.8) is 0 Å². The second kappa shape index (κ2) is 9.09. The standard InChI is InChI=1S/C27H37ClNO4Si/c1-26(2,3)34(6,7)33-23-14-20(9-8-19(23)10-11-29(30)32-5)25(31-4)24-21-12-18-13-22(24)17-27(28,15-18)16-21/h8-9,14,18,21-22H,12-13,15-17H2,1-7H3/q-1. The Morgan fingerprint density at radius 2 is 1.79 bits per heavy atom. The molecular formula is C27H37ClNO4Si-. The Bertz CT molecular complexity index is 1020. The summed E-state index contributed by atoms with van der Waals surface area (Å²) < 4.78 is 12.8. The second-order valence-electron chi connectivity index (χ2n) is 11.7. The molecule has 0 saturated heterocycles. The SMILES string of the molecule is COC(=C1C2CC3CC1CC(Cl)(C3)C2)c1ccc(C#CN([O-])OC)c(O[Si](C)(C)C(C)(C)C)c1. The lowest BCUT2D eigenvalue weighted by Gasteiger charge is -2.55. The minimum Gasteiger partial charge on any atom is -0.726 e. The van der Waals surface area contributed by atoms with Gasteiger partial charge in [-0.1, -0.05) is 20.8 Å². The lowest BCUT2D eigenvalue weighted by atomic mass is 9.53. The van der Waals surface area contributed by atoms with Gasteiger partial charge in [-0.05, 0) is 97.7 Å². The molecule has 4 fully saturated rings. The summed E-state index contributed by atoms with van der Waals surface area (Å²) in [5.74, 6) is 6.27. The second-order valence-corrected chi connectivity index (χ2v) is 17.3. The van der Waals surface area contributed by atoms with Crippen molar-refractivity contribution in [2.75, 3.05) is 14.2 Å². The fraction of sp³-hybridized carbons (Fsp3) is 0.630. The molecule has 7 heteroatoms. The first-order chi connectivity index (χ1) is 15.9. The van der Waals surface area contributed by atoms with Crippen molar-refractivity contribution >= 4 is 25.7 Å². The molecule has 4 aliphatic carbocycles. The van der Waals surface area contributed by atoms with Crippen LogP contribution in [0.5, 0.6) is 5.75 Å². The third-order valence-corrected chi connectivity index (χ3v) is 13.1. The molecule has 0 spiro atoms. The largest absolute Gasteiger partial charge is 0.726 e. The molecule has 4 bridgehead atoms. The van der Waals surface area contributed by atoms with E-state index in [-0.39, 0.29) is 15.1 Å². The quantitative estimate of drug-likeness (QED) is 0.109. The molecule has 0 amide bonds. The summed E-state index contributed by atoms with van der Waals surface area (Å²) in [6.07, 6.45) is 5.65. The van der Waals surface area contributed by atoms with Crippen LogP contribution in [0.3, 0.4) is 0 Å². The molecule has 34 heavy (non-hydrogen) atoms. The van der Waals surface area contributed by atoms with E-state index >= 15 is 0 Å². The minimum absolute atomic E-state index is 0.0173. The molecule has 0 N–H and O–H groups in total.